The molecule has 0 spiro atoms. The van der Waals surface area contributed by atoms with Crippen LogP contribution in [0.2, 0.25) is 0 Å². The monoisotopic (exact) mass is 426 g/mol. The number of aryl methyl sites for hydroxylation is 2. The Morgan fingerprint density at radius 2 is 1.94 bits per heavy atom. The van der Waals surface area contributed by atoms with E-state index in [4.69, 9.17) is 10.7 Å². The number of nitrogen functional groups attached to an aromatic ring is 1. The minimum atomic E-state index is -0.0744. The number of nitrogens with one attached hydrogen (secondary N) is 2. The molecule has 9 nitrogen and oxygen atoms in total. The summed E-state index contributed by atoms with van der Waals surface area (Å²) < 4.78 is 1.70. The van der Waals surface area contributed by atoms with Gasteiger partial charge in [0.15, 0.2) is 11.5 Å². The Hall–Kier alpha value is -4.27. The number of rotatable bonds is 5. The van der Waals surface area contributed by atoms with Crippen LogP contribution in [0.1, 0.15) is 17.0 Å². The fraction of sp³-hybridized carbons (Fsp3) is 0.174. The molecule has 3 aromatic heterocycles. The molecule has 0 saturated heterocycles. The predicted molar refractivity (Wildman–Crippen MR) is 125 cm³/mol. The van der Waals surface area contributed by atoms with Gasteiger partial charge in [0.05, 0.1) is 22.9 Å². The van der Waals surface area contributed by atoms with Crippen LogP contribution in [-0.4, -0.2) is 36.0 Å². The Morgan fingerprint density at radius 3 is 2.78 bits per heavy atom. The quantitative estimate of drug-likeness (QED) is 0.394. The number of fused-ring (bicyclic) bond motifs is 2. The van der Waals surface area contributed by atoms with E-state index in [1.54, 1.807) is 10.9 Å². The van der Waals surface area contributed by atoms with Gasteiger partial charge >= 0.3 is 0 Å². The van der Waals surface area contributed by atoms with Gasteiger partial charge in [-0.15, -0.1) is 0 Å². The zero-order valence-corrected chi connectivity index (χ0v) is 17.8. The fourth-order valence-corrected chi connectivity index (χ4v) is 3.91. The number of benzene rings is 2. The Bertz CT molecular complexity index is 1520. The van der Waals surface area contributed by atoms with E-state index < -0.39 is 0 Å². The molecule has 160 valence electrons. The first kappa shape index (κ1) is 19.7. The molecule has 0 fully saturated rings. The molecule has 0 atom stereocenters. The lowest BCUT2D eigenvalue weighted by molar-refractivity contribution is 0.808. The molecule has 0 aliphatic heterocycles. The first-order valence-electron chi connectivity index (χ1n) is 10.3. The SMILES string of the molecule is Cc1cccc(-n2c(CCNc3nc(N)nc4[nH]cnc34)nc3cccc(C)c3c2=O)c1. The number of aromatic amines is 1. The second-order valence-electron chi connectivity index (χ2n) is 7.68. The van der Waals surface area contributed by atoms with Gasteiger partial charge in [0, 0.05) is 13.0 Å². The summed E-state index contributed by atoms with van der Waals surface area (Å²) in [6, 6.07) is 13.6. The van der Waals surface area contributed by atoms with Gasteiger partial charge in [-0.3, -0.25) is 9.36 Å². The molecule has 0 amide bonds. The van der Waals surface area contributed by atoms with Crippen molar-refractivity contribution in [3.05, 3.63) is 76.1 Å². The van der Waals surface area contributed by atoms with E-state index >= 15 is 0 Å². The first-order chi connectivity index (χ1) is 15.5. The highest BCUT2D eigenvalue weighted by molar-refractivity contribution is 5.83. The Balaban J connectivity index is 1.56. The minimum absolute atomic E-state index is 0.0744. The van der Waals surface area contributed by atoms with E-state index in [0.29, 0.717) is 46.7 Å². The molecular formula is C23H22N8O. The zero-order valence-electron chi connectivity index (χ0n) is 17.8. The largest absolute Gasteiger partial charge is 0.368 e. The summed E-state index contributed by atoms with van der Waals surface area (Å²) in [5.41, 5.74) is 10.4. The number of aromatic nitrogens is 6. The maximum Gasteiger partial charge on any atom is 0.266 e. The molecule has 2 aromatic carbocycles. The second-order valence-corrected chi connectivity index (χ2v) is 7.68. The molecule has 5 rings (SSSR count). The van der Waals surface area contributed by atoms with Crippen molar-refractivity contribution in [1.29, 1.82) is 0 Å². The van der Waals surface area contributed by atoms with Gasteiger partial charge in [-0.25, -0.2) is 9.97 Å². The van der Waals surface area contributed by atoms with Gasteiger partial charge < -0.3 is 16.0 Å². The van der Waals surface area contributed by atoms with Crippen LogP contribution in [0.15, 0.2) is 53.6 Å². The number of anilines is 2. The third-order valence-corrected chi connectivity index (χ3v) is 5.37. The summed E-state index contributed by atoms with van der Waals surface area (Å²) in [4.78, 5) is 34.0. The third kappa shape index (κ3) is 3.43. The van der Waals surface area contributed by atoms with E-state index in [0.717, 1.165) is 16.8 Å². The molecule has 0 aliphatic rings. The second kappa shape index (κ2) is 7.77. The van der Waals surface area contributed by atoms with Crippen LogP contribution in [-0.2, 0) is 6.42 Å². The van der Waals surface area contributed by atoms with Crippen LogP contribution >= 0.6 is 0 Å². The normalized spacial score (nSPS) is 11.3. The Labute approximate surface area is 183 Å². The number of nitrogens with two attached hydrogens (primary N) is 1. The molecule has 0 aliphatic carbocycles. The molecular weight excluding hydrogens is 404 g/mol. The van der Waals surface area contributed by atoms with Crippen LogP contribution in [0.25, 0.3) is 27.8 Å². The highest BCUT2D eigenvalue weighted by atomic mass is 16.1. The van der Waals surface area contributed by atoms with Crippen LogP contribution in [0.4, 0.5) is 11.8 Å². The van der Waals surface area contributed by atoms with E-state index in [1.165, 1.54) is 0 Å². The maximum atomic E-state index is 13.6. The van der Waals surface area contributed by atoms with Crippen molar-refractivity contribution >= 4 is 33.8 Å². The van der Waals surface area contributed by atoms with E-state index in [2.05, 4.69) is 25.3 Å². The smallest absolute Gasteiger partial charge is 0.266 e. The molecule has 0 bridgehead atoms. The van der Waals surface area contributed by atoms with Crippen molar-refractivity contribution in [3.63, 3.8) is 0 Å². The summed E-state index contributed by atoms with van der Waals surface area (Å²) in [5, 5.41) is 3.90. The molecule has 3 heterocycles. The van der Waals surface area contributed by atoms with Crippen molar-refractivity contribution in [3.8, 4) is 5.69 Å². The number of imidazole rings is 1. The molecule has 9 heteroatoms. The highest BCUT2D eigenvalue weighted by Gasteiger charge is 2.15. The summed E-state index contributed by atoms with van der Waals surface area (Å²) >= 11 is 0. The van der Waals surface area contributed by atoms with Crippen LogP contribution in [0.5, 0.6) is 0 Å². The summed E-state index contributed by atoms with van der Waals surface area (Å²) in [6.07, 6.45) is 2.04. The van der Waals surface area contributed by atoms with Crippen molar-refractivity contribution in [2.24, 2.45) is 0 Å². The van der Waals surface area contributed by atoms with Crippen LogP contribution < -0.4 is 16.6 Å². The molecule has 5 aromatic rings. The van der Waals surface area contributed by atoms with E-state index in [1.807, 2.05) is 56.3 Å². The molecule has 0 radical (unpaired) electrons. The molecule has 32 heavy (non-hydrogen) atoms. The van der Waals surface area contributed by atoms with Crippen LogP contribution in [0, 0.1) is 13.8 Å². The van der Waals surface area contributed by atoms with E-state index in [-0.39, 0.29) is 11.5 Å². The van der Waals surface area contributed by atoms with Crippen molar-refractivity contribution in [2.45, 2.75) is 20.3 Å². The number of H-pyrrole nitrogens is 1. The first-order valence-corrected chi connectivity index (χ1v) is 10.3. The number of hydrogen-bond donors (Lipinski definition) is 3. The zero-order chi connectivity index (χ0) is 22.2. The topological polar surface area (TPSA) is 127 Å². The van der Waals surface area contributed by atoms with Gasteiger partial charge in [-0.05, 0) is 43.2 Å². The Morgan fingerprint density at radius 1 is 1.09 bits per heavy atom. The molecule has 4 N–H and O–H groups in total. The maximum absolute atomic E-state index is 13.6. The lowest BCUT2D eigenvalue weighted by Gasteiger charge is -2.15. The van der Waals surface area contributed by atoms with Gasteiger partial charge in [0.25, 0.3) is 5.56 Å². The van der Waals surface area contributed by atoms with Gasteiger partial charge in [0.2, 0.25) is 5.95 Å². The highest BCUT2D eigenvalue weighted by Crippen LogP contribution is 2.19. The average Bonchev–Trinajstić information content (AvgIpc) is 3.22. The summed E-state index contributed by atoms with van der Waals surface area (Å²) in [7, 11) is 0. The number of nitrogens with zero attached hydrogens (tertiary/aromatic N) is 5. The van der Waals surface area contributed by atoms with Crippen molar-refractivity contribution in [2.75, 3.05) is 17.6 Å². The standard InChI is InChI=1S/C23H22N8O/c1-13-5-3-7-15(11-13)31-17(28-16-8-4-6-14(2)18(16)22(31)32)9-10-25-20-19-21(27-12-26-19)30-23(24)29-20/h3-8,11-12H,9-10H2,1-2H3,(H4,24,25,26,27,29,30). The van der Waals surface area contributed by atoms with Gasteiger partial charge in [-0.1, -0.05) is 24.3 Å². The molecule has 0 saturated carbocycles. The lowest BCUT2D eigenvalue weighted by atomic mass is 10.1. The molecule has 0 unspecified atom stereocenters. The van der Waals surface area contributed by atoms with E-state index in [9.17, 15) is 4.79 Å². The Kier molecular flexibility index (Phi) is 4.78. The van der Waals surface area contributed by atoms with Crippen molar-refractivity contribution < 1.29 is 0 Å². The minimum Gasteiger partial charge on any atom is -0.368 e. The summed E-state index contributed by atoms with van der Waals surface area (Å²) in [6.45, 7) is 4.42. The van der Waals surface area contributed by atoms with Gasteiger partial charge in [0.1, 0.15) is 11.3 Å². The average molecular weight is 426 g/mol. The summed E-state index contributed by atoms with van der Waals surface area (Å²) in [5.74, 6) is 1.35. The fourth-order valence-electron chi connectivity index (χ4n) is 3.91. The predicted octanol–water partition coefficient (Wildman–Crippen LogP) is 2.91. The third-order valence-electron chi connectivity index (χ3n) is 5.37. The lowest BCUT2D eigenvalue weighted by Crippen LogP contribution is -2.26. The van der Waals surface area contributed by atoms with Gasteiger partial charge in [-0.2, -0.15) is 9.97 Å². The number of hydrogen-bond acceptors (Lipinski definition) is 7. The van der Waals surface area contributed by atoms with Crippen LogP contribution in [0.3, 0.4) is 0 Å². The van der Waals surface area contributed by atoms with Crippen molar-refractivity contribution in [1.82, 2.24) is 29.5 Å².